The monoisotopic (exact) mass is 285 g/mol. The van der Waals surface area contributed by atoms with Gasteiger partial charge in [0, 0.05) is 18.2 Å². The number of sulfonamides is 1. The fourth-order valence-electron chi connectivity index (χ4n) is 1.52. The zero-order chi connectivity index (χ0) is 14.6. The van der Waals surface area contributed by atoms with Gasteiger partial charge in [-0.05, 0) is 30.2 Å². The minimum atomic E-state index is -3.64. The minimum Gasteiger partial charge on any atom is -0.366 e. The van der Waals surface area contributed by atoms with E-state index in [-0.39, 0.29) is 29.0 Å². The number of nitrogens with one attached hydrogen (secondary N) is 1. The Bertz CT molecular complexity index is 538. The van der Waals surface area contributed by atoms with Crippen molar-refractivity contribution in [1.29, 1.82) is 0 Å². The Morgan fingerprint density at radius 3 is 2.16 bits per heavy atom. The molecule has 0 aliphatic heterocycles. The summed E-state index contributed by atoms with van der Waals surface area (Å²) in [6, 6.07) is 5.11. The lowest BCUT2D eigenvalue weighted by Gasteiger charge is -2.20. The van der Waals surface area contributed by atoms with Gasteiger partial charge in [-0.15, -0.1) is 0 Å². The molecule has 0 aliphatic rings. The maximum Gasteiger partial charge on any atom is 0.248 e. The molecule has 1 aromatic rings. The van der Waals surface area contributed by atoms with E-state index in [0.29, 0.717) is 0 Å². The van der Waals surface area contributed by atoms with Crippen LogP contribution in [0.25, 0.3) is 0 Å². The predicted molar refractivity (Wildman–Crippen MR) is 73.0 cm³/mol. The Morgan fingerprint density at radius 1 is 1.26 bits per heavy atom. The molecule has 7 heteroatoms. The van der Waals surface area contributed by atoms with Crippen LogP contribution in [-0.4, -0.2) is 26.9 Å². The average molecular weight is 285 g/mol. The number of hydrogen-bond donors (Lipinski definition) is 3. The summed E-state index contributed by atoms with van der Waals surface area (Å²) in [4.78, 5) is 11.0. The first kappa shape index (κ1) is 15.6. The molecule has 1 amide bonds. The van der Waals surface area contributed by atoms with Crippen molar-refractivity contribution in [2.24, 2.45) is 17.4 Å². The number of amides is 1. The van der Waals surface area contributed by atoms with E-state index in [1.54, 1.807) is 0 Å². The topological polar surface area (TPSA) is 115 Å². The van der Waals surface area contributed by atoms with Gasteiger partial charge in [0.15, 0.2) is 0 Å². The lowest BCUT2D eigenvalue weighted by Crippen LogP contribution is -2.43. The van der Waals surface area contributed by atoms with Crippen molar-refractivity contribution in [3.63, 3.8) is 0 Å². The van der Waals surface area contributed by atoms with E-state index >= 15 is 0 Å². The molecule has 1 unspecified atom stereocenters. The van der Waals surface area contributed by atoms with Gasteiger partial charge in [-0.1, -0.05) is 13.8 Å². The lowest BCUT2D eigenvalue weighted by molar-refractivity contribution is 0.1000. The average Bonchev–Trinajstić information content (AvgIpc) is 2.35. The van der Waals surface area contributed by atoms with Crippen molar-refractivity contribution in [3.05, 3.63) is 29.8 Å². The summed E-state index contributed by atoms with van der Waals surface area (Å²) in [5, 5.41) is 0. The van der Waals surface area contributed by atoms with Gasteiger partial charge in [-0.3, -0.25) is 4.79 Å². The molecule has 0 saturated heterocycles. The van der Waals surface area contributed by atoms with Crippen LogP contribution in [0.3, 0.4) is 0 Å². The van der Waals surface area contributed by atoms with Gasteiger partial charge < -0.3 is 11.5 Å². The number of primary amides is 1. The second-order valence-electron chi connectivity index (χ2n) is 4.60. The summed E-state index contributed by atoms with van der Waals surface area (Å²) < 4.78 is 26.7. The molecule has 0 radical (unpaired) electrons. The summed E-state index contributed by atoms with van der Waals surface area (Å²) >= 11 is 0. The van der Waals surface area contributed by atoms with Crippen molar-refractivity contribution in [2.75, 3.05) is 6.54 Å². The summed E-state index contributed by atoms with van der Waals surface area (Å²) in [5.41, 5.74) is 10.9. The zero-order valence-corrected chi connectivity index (χ0v) is 11.8. The molecule has 0 saturated carbocycles. The number of benzene rings is 1. The molecule has 5 N–H and O–H groups in total. The fraction of sp³-hybridized carbons (Fsp3) is 0.417. The highest BCUT2D eigenvalue weighted by Crippen LogP contribution is 2.12. The molecule has 1 rings (SSSR count). The van der Waals surface area contributed by atoms with E-state index in [2.05, 4.69) is 4.72 Å². The molecule has 0 bridgehead atoms. The van der Waals surface area contributed by atoms with Crippen molar-refractivity contribution in [3.8, 4) is 0 Å². The Morgan fingerprint density at radius 2 is 1.79 bits per heavy atom. The van der Waals surface area contributed by atoms with E-state index in [0.717, 1.165) is 0 Å². The minimum absolute atomic E-state index is 0.0802. The molecule has 0 heterocycles. The van der Waals surface area contributed by atoms with Gasteiger partial charge >= 0.3 is 0 Å². The maximum atomic E-state index is 12.1. The van der Waals surface area contributed by atoms with Crippen LogP contribution in [0.15, 0.2) is 29.2 Å². The Balaban J connectivity index is 2.97. The van der Waals surface area contributed by atoms with Crippen molar-refractivity contribution < 1.29 is 13.2 Å². The summed E-state index contributed by atoms with van der Waals surface area (Å²) in [7, 11) is -3.64. The molecule has 19 heavy (non-hydrogen) atoms. The smallest absolute Gasteiger partial charge is 0.248 e. The van der Waals surface area contributed by atoms with Crippen LogP contribution in [0.2, 0.25) is 0 Å². The number of hydrogen-bond acceptors (Lipinski definition) is 4. The van der Waals surface area contributed by atoms with Crippen LogP contribution >= 0.6 is 0 Å². The number of carbonyl (C=O) groups is 1. The van der Waals surface area contributed by atoms with Crippen LogP contribution in [0.1, 0.15) is 24.2 Å². The third kappa shape index (κ3) is 4.02. The van der Waals surface area contributed by atoms with E-state index in [4.69, 9.17) is 11.5 Å². The molecule has 0 spiro atoms. The summed E-state index contributed by atoms with van der Waals surface area (Å²) in [6.07, 6.45) is 0. The summed E-state index contributed by atoms with van der Waals surface area (Å²) in [5.74, 6) is -0.511. The van der Waals surface area contributed by atoms with Crippen LogP contribution in [0.4, 0.5) is 0 Å². The Hall–Kier alpha value is -1.44. The molecular weight excluding hydrogens is 266 g/mol. The Labute approximate surface area is 113 Å². The first-order chi connectivity index (χ1) is 8.77. The molecule has 0 aliphatic carbocycles. The fourth-order valence-corrected chi connectivity index (χ4v) is 2.92. The number of carbonyl (C=O) groups excluding carboxylic acids is 1. The first-order valence-electron chi connectivity index (χ1n) is 5.90. The molecular formula is C12H19N3O3S. The van der Waals surface area contributed by atoms with Gasteiger partial charge in [-0.25, -0.2) is 13.1 Å². The number of rotatable bonds is 6. The predicted octanol–water partition coefficient (Wildman–Crippen LogP) is 0.0471. The number of nitrogens with two attached hydrogens (primary N) is 2. The van der Waals surface area contributed by atoms with Crippen LogP contribution < -0.4 is 16.2 Å². The van der Waals surface area contributed by atoms with E-state index in [1.807, 2.05) is 13.8 Å². The largest absolute Gasteiger partial charge is 0.366 e. The lowest BCUT2D eigenvalue weighted by atomic mass is 10.1. The third-order valence-electron chi connectivity index (χ3n) is 2.81. The molecule has 0 aromatic heterocycles. The quantitative estimate of drug-likeness (QED) is 0.684. The molecule has 0 fully saturated rings. The first-order valence-corrected chi connectivity index (χ1v) is 7.38. The van der Waals surface area contributed by atoms with Gasteiger partial charge in [0.2, 0.25) is 15.9 Å². The van der Waals surface area contributed by atoms with E-state index in [1.165, 1.54) is 24.3 Å². The second kappa shape index (κ2) is 6.14. The van der Waals surface area contributed by atoms with Crippen molar-refractivity contribution in [1.82, 2.24) is 4.72 Å². The van der Waals surface area contributed by atoms with Crippen LogP contribution in [0.5, 0.6) is 0 Å². The molecule has 1 aromatic carbocycles. The molecule has 1 atom stereocenters. The highest BCUT2D eigenvalue weighted by atomic mass is 32.2. The van der Waals surface area contributed by atoms with Crippen molar-refractivity contribution in [2.45, 2.75) is 24.8 Å². The summed E-state index contributed by atoms with van der Waals surface area (Å²) in [6.45, 7) is 3.99. The van der Waals surface area contributed by atoms with Gasteiger partial charge in [-0.2, -0.15) is 0 Å². The highest BCUT2D eigenvalue weighted by Gasteiger charge is 2.21. The molecule has 106 valence electrons. The van der Waals surface area contributed by atoms with E-state index < -0.39 is 15.9 Å². The highest BCUT2D eigenvalue weighted by molar-refractivity contribution is 7.89. The third-order valence-corrected chi connectivity index (χ3v) is 4.32. The van der Waals surface area contributed by atoms with Gasteiger partial charge in [0.1, 0.15) is 0 Å². The Kier molecular flexibility index (Phi) is 5.04. The van der Waals surface area contributed by atoms with Crippen LogP contribution in [0, 0.1) is 5.92 Å². The standard InChI is InChI=1S/C12H19N3O3S/c1-8(2)11(7-13)15-19(17,18)10-5-3-9(4-6-10)12(14)16/h3-6,8,11,15H,7,13H2,1-2H3,(H2,14,16). The zero-order valence-electron chi connectivity index (χ0n) is 11.0. The van der Waals surface area contributed by atoms with Crippen molar-refractivity contribution >= 4 is 15.9 Å². The van der Waals surface area contributed by atoms with Crippen LogP contribution in [-0.2, 0) is 10.0 Å². The normalized spacial score (nSPS) is 13.5. The SMILES string of the molecule is CC(C)C(CN)NS(=O)(=O)c1ccc(C(N)=O)cc1. The van der Waals surface area contributed by atoms with Gasteiger partial charge in [0.05, 0.1) is 4.90 Å². The molecule has 6 nitrogen and oxygen atoms in total. The second-order valence-corrected chi connectivity index (χ2v) is 6.31. The maximum absolute atomic E-state index is 12.1. The van der Waals surface area contributed by atoms with E-state index in [9.17, 15) is 13.2 Å². The van der Waals surface area contributed by atoms with Gasteiger partial charge in [0.25, 0.3) is 0 Å².